The standard InChI is InChI=1S/C20H27N3O3/c1-26-16-4-2-3-13(9-16)11-22-7-8-23(12-17(22)24)20(25)18-14-5-6-15(10-14)19(18)21/h2-4,9,14-15,18-19H,5-8,10-12,21H2,1H3/t14-,15+,18-,19+/m1/s1. The second-order valence-electron chi connectivity index (χ2n) is 7.86. The van der Waals surface area contributed by atoms with Crippen molar-refractivity contribution in [1.29, 1.82) is 0 Å². The Hall–Kier alpha value is -2.08. The van der Waals surface area contributed by atoms with Crippen molar-refractivity contribution < 1.29 is 14.3 Å². The van der Waals surface area contributed by atoms with Gasteiger partial charge in [-0.3, -0.25) is 9.59 Å². The molecule has 6 nitrogen and oxygen atoms in total. The molecule has 1 heterocycles. The number of hydrogen-bond acceptors (Lipinski definition) is 4. The van der Waals surface area contributed by atoms with E-state index in [0.717, 1.165) is 30.6 Å². The van der Waals surface area contributed by atoms with E-state index in [1.807, 2.05) is 29.2 Å². The molecule has 1 aromatic rings. The third-order valence-corrected chi connectivity index (χ3v) is 6.40. The lowest BCUT2D eigenvalue weighted by atomic mass is 9.84. The third-order valence-electron chi connectivity index (χ3n) is 6.40. The molecule has 0 spiro atoms. The van der Waals surface area contributed by atoms with Gasteiger partial charge in [0.25, 0.3) is 0 Å². The average molecular weight is 357 g/mol. The normalized spacial score (nSPS) is 30.8. The maximum atomic E-state index is 13.0. The number of rotatable bonds is 4. The third kappa shape index (κ3) is 3.07. The predicted octanol–water partition coefficient (Wildman–Crippen LogP) is 1.24. The van der Waals surface area contributed by atoms with Gasteiger partial charge in [-0.1, -0.05) is 12.1 Å². The number of carbonyl (C=O) groups excluding carboxylic acids is 2. The molecule has 0 unspecified atom stereocenters. The van der Waals surface area contributed by atoms with Gasteiger partial charge in [0.15, 0.2) is 0 Å². The van der Waals surface area contributed by atoms with Gasteiger partial charge in [0.2, 0.25) is 11.8 Å². The minimum absolute atomic E-state index is 0.00384. The highest BCUT2D eigenvalue weighted by Crippen LogP contribution is 2.48. The number of benzene rings is 1. The molecule has 4 rings (SSSR count). The first kappa shape index (κ1) is 17.3. The number of nitrogens with two attached hydrogens (primary N) is 1. The summed E-state index contributed by atoms with van der Waals surface area (Å²) in [7, 11) is 1.63. The molecule has 3 fully saturated rings. The monoisotopic (exact) mass is 357 g/mol. The van der Waals surface area contributed by atoms with Gasteiger partial charge in [-0.2, -0.15) is 0 Å². The molecule has 4 atom stereocenters. The summed E-state index contributed by atoms with van der Waals surface area (Å²) in [6.07, 6.45) is 3.35. The number of ether oxygens (including phenoxy) is 1. The molecule has 2 bridgehead atoms. The minimum atomic E-state index is -0.0773. The number of fused-ring (bicyclic) bond motifs is 2. The molecule has 1 saturated heterocycles. The maximum absolute atomic E-state index is 13.0. The molecule has 6 heteroatoms. The zero-order chi connectivity index (χ0) is 18.3. The first-order valence-corrected chi connectivity index (χ1v) is 9.52. The molecule has 1 aliphatic heterocycles. The molecule has 26 heavy (non-hydrogen) atoms. The molecule has 2 aliphatic carbocycles. The van der Waals surface area contributed by atoms with Crippen LogP contribution in [-0.4, -0.2) is 54.4 Å². The number of amides is 2. The molecule has 3 aliphatic rings. The number of carbonyl (C=O) groups is 2. The van der Waals surface area contributed by atoms with Gasteiger partial charge in [0.1, 0.15) is 5.75 Å². The lowest BCUT2D eigenvalue weighted by molar-refractivity contribution is -0.149. The second-order valence-corrected chi connectivity index (χ2v) is 7.86. The lowest BCUT2D eigenvalue weighted by Gasteiger charge is -2.38. The van der Waals surface area contributed by atoms with Gasteiger partial charge in [0.05, 0.1) is 19.6 Å². The van der Waals surface area contributed by atoms with Crippen LogP contribution in [0.1, 0.15) is 24.8 Å². The Bertz CT molecular complexity index is 705. The Balaban J connectivity index is 1.37. The van der Waals surface area contributed by atoms with Crippen LogP contribution in [0.2, 0.25) is 0 Å². The fourth-order valence-electron chi connectivity index (χ4n) is 4.97. The largest absolute Gasteiger partial charge is 0.497 e. The van der Waals surface area contributed by atoms with Gasteiger partial charge in [-0.25, -0.2) is 0 Å². The quantitative estimate of drug-likeness (QED) is 0.880. The van der Waals surface area contributed by atoms with E-state index in [2.05, 4.69) is 0 Å². The number of methoxy groups -OCH3 is 1. The van der Waals surface area contributed by atoms with Crippen LogP contribution in [0, 0.1) is 17.8 Å². The van der Waals surface area contributed by atoms with E-state index in [4.69, 9.17) is 10.5 Å². The van der Waals surface area contributed by atoms with Crippen LogP contribution in [0.15, 0.2) is 24.3 Å². The second kappa shape index (κ2) is 6.91. The molecule has 0 aromatic heterocycles. The van der Waals surface area contributed by atoms with Crippen molar-refractivity contribution in [3.63, 3.8) is 0 Å². The molecule has 2 saturated carbocycles. The van der Waals surface area contributed by atoms with Crippen molar-refractivity contribution in [1.82, 2.24) is 9.80 Å². The van der Waals surface area contributed by atoms with E-state index in [9.17, 15) is 9.59 Å². The van der Waals surface area contributed by atoms with E-state index in [1.165, 1.54) is 0 Å². The molecule has 2 N–H and O–H groups in total. The first-order valence-electron chi connectivity index (χ1n) is 9.52. The number of hydrogen-bond donors (Lipinski definition) is 1. The summed E-state index contributed by atoms with van der Waals surface area (Å²) < 4.78 is 5.24. The van der Waals surface area contributed by atoms with Crippen molar-refractivity contribution >= 4 is 11.8 Å². The summed E-state index contributed by atoms with van der Waals surface area (Å²) >= 11 is 0. The van der Waals surface area contributed by atoms with Crippen molar-refractivity contribution in [2.24, 2.45) is 23.5 Å². The zero-order valence-corrected chi connectivity index (χ0v) is 15.3. The highest BCUT2D eigenvalue weighted by Gasteiger charge is 2.50. The summed E-state index contributed by atoms with van der Waals surface area (Å²) in [5.74, 6) is 1.73. The Kier molecular flexibility index (Phi) is 4.61. The number of nitrogens with zero attached hydrogens (tertiary/aromatic N) is 2. The van der Waals surface area contributed by atoms with Crippen LogP contribution in [0.4, 0.5) is 0 Å². The molecule has 140 valence electrons. The maximum Gasteiger partial charge on any atom is 0.242 e. The van der Waals surface area contributed by atoms with Gasteiger partial charge in [-0.15, -0.1) is 0 Å². The molecular formula is C20H27N3O3. The zero-order valence-electron chi connectivity index (χ0n) is 15.3. The summed E-state index contributed by atoms with van der Waals surface area (Å²) in [4.78, 5) is 29.1. The van der Waals surface area contributed by atoms with E-state index >= 15 is 0 Å². The molecular weight excluding hydrogens is 330 g/mol. The van der Waals surface area contributed by atoms with Crippen molar-refractivity contribution in [2.75, 3.05) is 26.7 Å². The van der Waals surface area contributed by atoms with E-state index in [0.29, 0.717) is 31.5 Å². The molecule has 2 amide bonds. The summed E-state index contributed by atoms with van der Waals surface area (Å²) in [6.45, 7) is 1.88. The van der Waals surface area contributed by atoms with Gasteiger partial charge >= 0.3 is 0 Å². The Morgan fingerprint density at radius 2 is 2.08 bits per heavy atom. The van der Waals surface area contributed by atoms with E-state index in [1.54, 1.807) is 12.0 Å². The Labute approximate surface area is 154 Å². The summed E-state index contributed by atoms with van der Waals surface area (Å²) in [6, 6.07) is 7.72. The van der Waals surface area contributed by atoms with Gasteiger partial charge in [0, 0.05) is 25.7 Å². The van der Waals surface area contributed by atoms with Crippen molar-refractivity contribution in [3.05, 3.63) is 29.8 Å². The van der Waals surface area contributed by atoms with Crippen LogP contribution in [-0.2, 0) is 16.1 Å². The van der Waals surface area contributed by atoms with E-state index in [-0.39, 0.29) is 30.3 Å². The smallest absolute Gasteiger partial charge is 0.242 e. The summed E-state index contributed by atoms with van der Waals surface area (Å²) in [5, 5.41) is 0. The predicted molar refractivity (Wildman–Crippen MR) is 97.3 cm³/mol. The minimum Gasteiger partial charge on any atom is -0.497 e. The van der Waals surface area contributed by atoms with E-state index < -0.39 is 0 Å². The fraction of sp³-hybridized carbons (Fsp3) is 0.600. The number of piperazine rings is 1. The topological polar surface area (TPSA) is 75.9 Å². The highest BCUT2D eigenvalue weighted by atomic mass is 16.5. The van der Waals surface area contributed by atoms with Crippen LogP contribution >= 0.6 is 0 Å². The van der Waals surface area contributed by atoms with Crippen LogP contribution in [0.25, 0.3) is 0 Å². The van der Waals surface area contributed by atoms with Crippen molar-refractivity contribution in [3.8, 4) is 5.75 Å². The van der Waals surface area contributed by atoms with Crippen LogP contribution in [0.3, 0.4) is 0 Å². The Morgan fingerprint density at radius 3 is 2.77 bits per heavy atom. The summed E-state index contributed by atoms with van der Waals surface area (Å²) in [5.41, 5.74) is 7.34. The van der Waals surface area contributed by atoms with Gasteiger partial charge in [-0.05, 0) is 48.8 Å². The fourth-order valence-corrected chi connectivity index (χ4v) is 4.97. The molecule has 0 radical (unpaired) electrons. The van der Waals surface area contributed by atoms with Crippen molar-refractivity contribution in [2.45, 2.75) is 31.8 Å². The van der Waals surface area contributed by atoms with Crippen LogP contribution < -0.4 is 10.5 Å². The van der Waals surface area contributed by atoms with Gasteiger partial charge < -0.3 is 20.3 Å². The molecule has 1 aromatic carbocycles. The van der Waals surface area contributed by atoms with Crippen LogP contribution in [0.5, 0.6) is 5.75 Å². The first-order chi connectivity index (χ1) is 12.6. The SMILES string of the molecule is COc1cccc(CN2CCN(C(=O)[C@@H]3[C@@H]4CC[C@@H](C4)[C@@H]3N)CC2=O)c1. The lowest BCUT2D eigenvalue weighted by Crippen LogP contribution is -2.55. The average Bonchev–Trinajstić information content (AvgIpc) is 3.24. The Morgan fingerprint density at radius 1 is 1.27 bits per heavy atom. The highest BCUT2D eigenvalue weighted by molar-refractivity contribution is 5.87.